The van der Waals surface area contributed by atoms with Crippen molar-refractivity contribution >= 4 is 0 Å². The molecule has 0 fully saturated rings. The lowest BCUT2D eigenvalue weighted by Gasteiger charge is -2.17. The molecule has 0 amide bonds. The van der Waals surface area contributed by atoms with Gasteiger partial charge in [-0.25, -0.2) is 0 Å². The highest BCUT2D eigenvalue weighted by atomic mass is 16.5. The van der Waals surface area contributed by atoms with Crippen molar-refractivity contribution in [2.24, 2.45) is 5.92 Å². The first-order valence-corrected chi connectivity index (χ1v) is 7.70. The van der Waals surface area contributed by atoms with E-state index in [0.717, 1.165) is 17.7 Å². The number of aliphatic hydroxyl groups excluding tert-OH is 1. The molecule has 0 aliphatic carbocycles. The maximum absolute atomic E-state index is 10.1. The topological polar surface area (TPSA) is 47.9 Å². The van der Waals surface area contributed by atoms with Crippen LogP contribution in [-0.4, -0.2) is 38.6 Å². The predicted molar refractivity (Wildman–Crippen MR) is 88.1 cm³/mol. The smallest absolute Gasteiger partial charge is 0.118 e. The second-order valence-electron chi connectivity index (χ2n) is 5.40. The van der Waals surface area contributed by atoms with Crippen LogP contribution in [0.5, 0.6) is 5.75 Å². The second-order valence-corrected chi connectivity index (χ2v) is 5.40. The molecule has 1 aromatic rings. The Labute approximate surface area is 133 Å². The molecule has 1 N–H and O–H groups in total. The van der Waals surface area contributed by atoms with Crippen LogP contribution in [0.1, 0.15) is 25.3 Å². The van der Waals surface area contributed by atoms with Gasteiger partial charge in [-0.2, -0.15) is 0 Å². The first-order valence-electron chi connectivity index (χ1n) is 7.70. The maximum atomic E-state index is 10.1. The second kappa shape index (κ2) is 11.2. The fourth-order valence-corrected chi connectivity index (χ4v) is 2.03. The van der Waals surface area contributed by atoms with Gasteiger partial charge in [0.1, 0.15) is 5.75 Å². The molecule has 0 bridgehead atoms. The van der Waals surface area contributed by atoms with E-state index in [4.69, 9.17) is 14.2 Å². The highest BCUT2D eigenvalue weighted by Gasteiger charge is 2.12. The van der Waals surface area contributed by atoms with Crippen LogP contribution in [0.3, 0.4) is 0 Å². The van der Waals surface area contributed by atoms with Gasteiger partial charge in [0.25, 0.3) is 0 Å². The Kier molecular flexibility index (Phi) is 9.55. The fraction of sp³-hybridized carbons (Fsp3) is 0.556. The molecule has 124 valence electrons. The van der Waals surface area contributed by atoms with Crippen LogP contribution in [-0.2, 0) is 16.1 Å². The summed E-state index contributed by atoms with van der Waals surface area (Å²) in [6, 6.07) is 7.81. The summed E-state index contributed by atoms with van der Waals surface area (Å²) in [4.78, 5) is 0. The van der Waals surface area contributed by atoms with Gasteiger partial charge in [0, 0.05) is 13.7 Å². The van der Waals surface area contributed by atoms with Crippen molar-refractivity contribution < 1.29 is 19.3 Å². The monoisotopic (exact) mass is 308 g/mol. The quantitative estimate of drug-likeness (QED) is 0.504. The first kappa shape index (κ1) is 18.7. The van der Waals surface area contributed by atoms with E-state index in [2.05, 4.69) is 6.08 Å². The van der Waals surface area contributed by atoms with Gasteiger partial charge in [0.05, 0.1) is 26.4 Å². The number of allylic oxidation sites excluding steroid dienone is 1. The standard InChI is InChI=1S/C18H28O4/c1-15(6-4-5-12-20-2)18(19)11-13-22-14-16-7-9-17(21-3)10-8-16/h4-5,7-10,15,18-19H,6,11-14H2,1-3H3/b5-4+/t15-,18-/m0/s1. The Hall–Kier alpha value is -1.36. The van der Waals surface area contributed by atoms with E-state index in [1.807, 2.05) is 37.3 Å². The van der Waals surface area contributed by atoms with Crippen LogP contribution in [0.25, 0.3) is 0 Å². The summed E-state index contributed by atoms with van der Waals surface area (Å²) in [5.74, 6) is 1.06. The molecule has 0 heterocycles. The van der Waals surface area contributed by atoms with Gasteiger partial charge in [0.2, 0.25) is 0 Å². The largest absolute Gasteiger partial charge is 0.497 e. The Morgan fingerprint density at radius 1 is 1.14 bits per heavy atom. The van der Waals surface area contributed by atoms with Gasteiger partial charge in [-0.1, -0.05) is 31.2 Å². The van der Waals surface area contributed by atoms with Crippen molar-refractivity contribution in [2.75, 3.05) is 27.4 Å². The zero-order chi connectivity index (χ0) is 16.2. The summed E-state index contributed by atoms with van der Waals surface area (Å²) in [5.41, 5.74) is 1.10. The minimum atomic E-state index is -0.344. The van der Waals surface area contributed by atoms with Gasteiger partial charge in [-0.15, -0.1) is 0 Å². The third kappa shape index (κ3) is 7.59. The van der Waals surface area contributed by atoms with Crippen molar-refractivity contribution in [3.8, 4) is 5.75 Å². The van der Waals surface area contributed by atoms with E-state index in [1.165, 1.54) is 0 Å². The Balaban J connectivity index is 2.16. The van der Waals surface area contributed by atoms with E-state index >= 15 is 0 Å². The summed E-state index contributed by atoms with van der Waals surface area (Å²) in [6.45, 7) is 3.78. The number of ether oxygens (including phenoxy) is 3. The lowest BCUT2D eigenvalue weighted by atomic mass is 9.98. The van der Waals surface area contributed by atoms with Crippen LogP contribution in [0, 0.1) is 5.92 Å². The zero-order valence-corrected chi connectivity index (χ0v) is 13.8. The summed E-state index contributed by atoms with van der Waals surface area (Å²) in [5, 5.41) is 10.1. The Morgan fingerprint density at radius 3 is 2.50 bits per heavy atom. The Morgan fingerprint density at radius 2 is 1.86 bits per heavy atom. The molecule has 1 rings (SSSR count). The number of methoxy groups -OCH3 is 2. The van der Waals surface area contributed by atoms with E-state index in [9.17, 15) is 5.11 Å². The van der Waals surface area contributed by atoms with E-state index in [0.29, 0.717) is 26.2 Å². The summed E-state index contributed by atoms with van der Waals surface area (Å²) < 4.78 is 15.7. The lowest BCUT2D eigenvalue weighted by Crippen LogP contribution is -2.19. The van der Waals surface area contributed by atoms with Crippen molar-refractivity contribution in [2.45, 2.75) is 32.5 Å². The molecule has 0 aliphatic heterocycles. The molecule has 0 radical (unpaired) electrons. The molecule has 0 aromatic heterocycles. The van der Waals surface area contributed by atoms with Gasteiger partial charge in [0.15, 0.2) is 0 Å². The van der Waals surface area contributed by atoms with Crippen molar-refractivity contribution in [3.05, 3.63) is 42.0 Å². The average molecular weight is 308 g/mol. The number of hydrogen-bond donors (Lipinski definition) is 1. The number of hydrogen-bond acceptors (Lipinski definition) is 4. The average Bonchev–Trinajstić information content (AvgIpc) is 2.55. The van der Waals surface area contributed by atoms with Crippen LogP contribution in [0.4, 0.5) is 0 Å². The third-order valence-corrected chi connectivity index (χ3v) is 3.58. The lowest BCUT2D eigenvalue weighted by molar-refractivity contribution is 0.0500. The molecule has 0 saturated carbocycles. The molecule has 22 heavy (non-hydrogen) atoms. The van der Waals surface area contributed by atoms with Gasteiger partial charge >= 0.3 is 0 Å². The SMILES string of the molecule is COC/C=C/C[C@H](C)[C@@H](O)CCOCc1ccc(OC)cc1. The highest BCUT2D eigenvalue weighted by Crippen LogP contribution is 2.14. The van der Waals surface area contributed by atoms with Crippen LogP contribution >= 0.6 is 0 Å². The Bertz CT molecular complexity index is 414. The summed E-state index contributed by atoms with van der Waals surface area (Å²) in [7, 11) is 3.32. The first-order chi connectivity index (χ1) is 10.7. The van der Waals surface area contributed by atoms with Crippen LogP contribution in [0.2, 0.25) is 0 Å². The molecule has 0 saturated heterocycles. The summed E-state index contributed by atoms with van der Waals surface area (Å²) >= 11 is 0. The molecule has 1 aromatic carbocycles. The van der Waals surface area contributed by atoms with Crippen molar-refractivity contribution in [3.63, 3.8) is 0 Å². The molecule has 4 nitrogen and oxygen atoms in total. The third-order valence-electron chi connectivity index (χ3n) is 3.58. The van der Waals surface area contributed by atoms with Gasteiger partial charge < -0.3 is 19.3 Å². The molecule has 0 spiro atoms. The predicted octanol–water partition coefficient (Wildman–Crippen LogP) is 3.19. The number of rotatable bonds is 11. The van der Waals surface area contributed by atoms with Crippen LogP contribution in [0.15, 0.2) is 36.4 Å². The van der Waals surface area contributed by atoms with Crippen molar-refractivity contribution in [1.29, 1.82) is 0 Å². The van der Waals surface area contributed by atoms with E-state index < -0.39 is 0 Å². The van der Waals surface area contributed by atoms with E-state index in [1.54, 1.807) is 14.2 Å². The minimum Gasteiger partial charge on any atom is -0.497 e. The zero-order valence-electron chi connectivity index (χ0n) is 13.8. The fourth-order valence-electron chi connectivity index (χ4n) is 2.03. The number of benzene rings is 1. The highest BCUT2D eigenvalue weighted by molar-refractivity contribution is 5.26. The number of aliphatic hydroxyl groups is 1. The van der Waals surface area contributed by atoms with Gasteiger partial charge in [-0.05, 0) is 36.5 Å². The van der Waals surface area contributed by atoms with Crippen LogP contribution < -0.4 is 4.74 Å². The van der Waals surface area contributed by atoms with E-state index in [-0.39, 0.29) is 12.0 Å². The molecular formula is C18H28O4. The molecule has 0 unspecified atom stereocenters. The maximum Gasteiger partial charge on any atom is 0.118 e. The molecule has 0 aliphatic rings. The van der Waals surface area contributed by atoms with Crippen molar-refractivity contribution in [1.82, 2.24) is 0 Å². The normalized spacial score (nSPS) is 14.2. The summed E-state index contributed by atoms with van der Waals surface area (Å²) in [6.07, 6.45) is 5.18. The minimum absolute atomic E-state index is 0.220. The molecular weight excluding hydrogens is 280 g/mol. The van der Waals surface area contributed by atoms with Gasteiger partial charge in [-0.3, -0.25) is 0 Å². The molecule has 2 atom stereocenters. The molecule has 4 heteroatoms.